The second-order valence-corrected chi connectivity index (χ2v) is 3.89. The highest BCUT2D eigenvalue weighted by Gasteiger charge is 2.04. The molecule has 1 N–H and O–H groups in total. The molecule has 4 nitrogen and oxygen atoms in total. The van der Waals surface area contributed by atoms with Crippen molar-refractivity contribution in [3.63, 3.8) is 0 Å². The van der Waals surface area contributed by atoms with Gasteiger partial charge in [-0.15, -0.1) is 0 Å². The van der Waals surface area contributed by atoms with Gasteiger partial charge in [-0.05, 0) is 42.8 Å². The van der Waals surface area contributed by atoms with Gasteiger partial charge in [0.15, 0.2) is 0 Å². The van der Waals surface area contributed by atoms with Gasteiger partial charge in [0.1, 0.15) is 5.82 Å². The lowest BCUT2D eigenvalue weighted by atomic mass is 10.2. The third-order valence-corrected chi connectivity index (χ3v) is 2.52. The van der Waals surface area contributed by atoms with Crippen LogP contribution >= 0.6 is 0 Å². The molecular weight excluding hydrogens is 235 g/mol. The van der Waals surface area contributed by atoms with Gasteiger partial charge in [0.05, 0.1) is 4.92 Å². The maximum absolute atomic E-state index is 13.1. The summed E-state index contributed by atoms with van der Waals surface area (Å²) < 4.78 is 13.1. The lowest BCUT2D eigenvalue weighted by molar-refractivity contribution is -0.384. The summed E-state index contributed by atoms with van der Waals surface area (Å²) in [6.45, 7) is 1.68. The number of anilines is 2. The molecular formula is C13H11FN2O2. The molecule has 0 heterocycles. The summed E-state index contributed by atoms with van der Waals surface area (Å²) in [5.74, 6) is -0.260. The Labute approximate surface area is 103 Å². The molecule has 0 saturated carbocycles. The molecule has 0 aliphatic carbocycles. The van der Waals surface area contributed by atoms with E-state index in [0.29, 0.717) is 11.3 Å². The van der Waals surface area contributed by atoms with Crippen LogP contribution in [0.1, 0.15) is 5.56 Å². The molecule has 2 rings (SSSR count). The Morgan fingerprint density at radius 2 is 1.72 bits per heavy atom. The van der Waals surface area contributed by atoms with E-state index in [0.717, 1.165) is 5.69 Å². The quantitative estimate of drug-likeness (QED) is 0.662. The van der Waals surface area contributed by atoms with Crippen molar-refractivity contribution in [1.29, 1.82) is 0 Å². The lowest BCUT2D eigenvalue weighted by Crippen LogP contribution is -1.93. The summed E-state index contributed by atoms with van der Waals surface area (Å²) in [6, 6.07) is 10.7. The van der Waals surface area contributed by atoms with E-state index in [9.17, 15) is 14.5 Å². The first kappa shape index (κ1) is 12.0. The van der Waals surface area contributed by atoms with Gasteiger partial charge >= 0.3 is 0 Å². The lowest BCUT2D eigenvalue weighted by Gasteiger charge is -2.07. The normalized spacial score (nSPS) is 10.1. The van der Waals surface area contributed by atoms with Gasteiger partial charge in [0.25, 0.3) is 5.69 Å². The molecule has 0 saturated heterocycles. The van der Waals surface area contributed by atoms with E-state index in [1.807, 2.05) is 0 Å². The first-order valence-electron chi connectivity index (χ1n) is 5.34. The maximum atomic E-state index is 13.1. The summed E-state index contributed by atoms with van der Waals surface area (Å²) in [7, 11) is 0. The minimum absolute atomic E-state index is 0.0378. The van der Waals surface area contributed by atoms with E-state index < -0.39 is 4.92 Å². The number of rotatable bonds is 3. The zero-order chi connectivity index (χ0) is 13.1. The maximum Gasteiger partial charge on any atom is 0.269 e. The van der Waals surface area contributed by atoms with Crippen LogP contribution in [0.4, 0.5) is 21.5 Å². The molecule has 18 heavy (non-hydrogen) atoms. The molecule has 0 spiro atoms. The van der Waals surface area contributed by atoms with E-state index in [2.05, 4.69) is 5.32 Å². The van der Waals surface area contributed by atoms with Crippen molar-refractivity contribution in [2.45, 2.75) is 6.92 Å². The van der Waals surface area contributed by atoms with Crippen LogP contribution in [-0.4, -0.2) is 4.92 Å². The highest BCUT2D eigenvalue weighted by molar-refractivity contribution is 5.61. The van der Waals surface area contributed by atoms with Crippen LogP contribution in [0.5, 0.6) is 0 Å². The Hall–Kier alpha value is -2.43. The van der Waals surface area contributed by atoms with Crippen molar-refractivity contribution in [3.8, 4) is 0 Å². The molecule has 0 amide bonds. The van der Waals surface area contributed by atoms with E-state index in [-0.39, 0.29) is 11.5 Å². The van der Waals surface area contributed by atoms with Crippen molar-refractivity contribution in [3.05, 3.63) is 64.0 Å². The molecule has 92 valence electrons. The van der Waals surface area contributed by atoms with Crippen LogP contribution in [0.2, 0.25) is 0 Å². The molecule has 0 atom stereocenters. The van der Waals surface area contributed by atoms with Crippen LogP contribution in [0.3, 0.4) is 0 Å². The Kier molecular flexibility index (Phi) is 3.23. The number of non-ortho nitro benzene ring substituents is 1. The smallest absolute Gasteiger partial charge is 0.269 e. The van der Waals surface area contributed by atoms with Crippen molar-refractivity contribution < 1.29 is 9.31 Å². The van der Waals surface area contributed by atoms with Crippen molar-refractivity contribution >= 4 is 17.1 Å². The number of hydrogen-bond acceptors (Lipinski definition) is 3. The van der Waals surface area contributed by atoms with Crippen molar-refractivity contribution in [2.75, 3.05) is 5.32 Å². The average Bonchev–Trinajstić information content (AvgIpc) is 2.34. The average molecular weight is 246 g/mol. The van der Waals surface area contributed by atoms with Crippen LogP contribution in [0.25, 0.3) is 0 Å². The predicted octanol–water partition coefficient (Wildman–Crippen LogP) is 3.79. The molecule has 2 aromatic rings. The zero-order valence-corrected chi connectivity index (χ0v) is 9.68. The Balaban J connectivity index is 2.18. The van der Waals surface area contributed by atoms with E-state index in [4.69, 9.17) is 0 Å². The standard InChI is InChI=1S/C13H11FN2O2/c1-9-8-11(4-7-13(9)14)15-10-2-5-12(6-3-10)16(17)18/h2-8,15H,1H3. The monoisotopic (exact) mass is 246 g/mol. The van der Waals surface area contributed by atoms with E-state index in [1.165, 1.54) is 18.2 Å². The summed E-state index contributed by atoms with van der Waals surface area (Å²) in [5, 5.41) is 13.5. The van der Waals surface area contributed by atoms with Crippen molar-refractivity contribution in [2.24, 2.45) is 0 Å². The highest BCUT2D eigenvalue weighted by Crippen LogP contribution is 2.21. The van der Waals surface area contributed by atoms with E-state index in [1.54, 1.807) is 31.2 Å². The minimum atomic E-state index is -0.453. The topological polar surface area (TPSA) is 55.2 Å². The number of nitro benzene ring substituents is 1. The summed E-state index contributed by atoms with van der Waals surface area (Å²) in [6.07, 6.45) is 0. The molecule has 0 unspecified atom stereocenters. The number of aryl methyl sites for hydroxylation is 1. The number of nitrogens with zero attached hydrogens (tertiary/aromatic N) is 1. The third kappa shape index (κ3) is 2.63. The largest absolute Gasteiger partial charge is 0.356 e. The fourth-order valence-corrected chi connectivity index (χ4v) is 1.56. The molecule has 2 aromatic carbocycles. The number of nitrogens with one attached hydrogen (secondary N) is 1. The first-order chi connectivity index (χ1) is 8.56. The second kappa shape index (κ2) is 4.83. The fraction of sp³-hybridized carbons (Fsp3) is 0.0769. The molecule has 0 aromatic heterocycles. The van der Waals surface area contributed by atoms with Crippen LogP contribution < -0.4 is 5.32 Å². The Bertz CT molecular complexity index is 582. The number of hydrogen-bond donors (Lipinski definition) is 1. The highest BCUT2D eigenvalue weighted by atomic mass is 19.1. The Morgan fingerprint density at radius 3 is 2.28 bits per heavy atom. The number of halogens is 1. The molecule has 0 bridgehead atoms. The minimum Gasteiger partial charge on any atom is -0.356 e. The van der Waals surface area contributed by atoms with Gasteiger partial charge in [-0.3, -0.25) is 10.1 Å². The van der Waals surface area contributed by atoms with Crippen LogP contribution in [-0.2, 0) is 0 Å². The van der Waals surface area contributed by atoms with Crippen LogP contribution in [0, 0.1) is 22.9 Å². The molecule has 0 radical (unpaired) electrons. The molecule has 0 aliphatic rings. The van der Waals surface area contributed by atoms with Gasteiger partial charge in [-0.1, -0.05) is 0 Å². The SMILES string of the molecule is Cc1cc(Nc2ccc([N+](=O)[O-])cc2)ccc1F. The second-order valence-electron chi connectivity index (χ2n) is 3.89. The van der Waals surface area contributed by atoms with Crippen LogP contribution in [0.15, 0.2) is 42.5 Å². The van der Waals surface area contributed by atoms with Crippen molar-refractivity contribution in [1.82, 2.24) is 0 Å². The van der Waals surface area contributed by atoms with Gasteiger partial charge < -0.3 is 5.32 Å². The van der Waals surface area contributed by atoms with Gasteiger partial charge in [0, 0.05) is 23.5 Å². The number of benzene rings is 2. The Morgan fingerprint density at radius 1 is 1.11 bits per heavy atom. The van der Waals surface area contributed by atoms with Gasteiger partial charge in [-0.2, -0.15) is 0 Å². The number of nitro groups is 1. The van der Waals surface area contributed by atoms with Gasteiger partial charge in [0.2, 0.25) is 0 Å². The summed E-state index contributed by atoms with van der Waals surface area (Å²) in [4.78, 5) is 10.0. The summed E-state index contributed by atoms with van der Waals surface area (Å²) in [5.41, 5.74) is 2.03. The zero-order valence-electron chi connectivity index (χ0n) is 9.68. The first-order valence-corrected chi connectivity index (χ1v) is 5.34. The molecule has 0 aliphatic heterocycles. The molecule has 5 heteroatoms. The predicted molar refractivity (Wildman–Crippen MR) is 67.5 cm³/mol. The molecule has 0 fully saturated rings. The van der Waals surface area contributed by atoms with Gasteiger partial charge in [-0.25, -0.2) is 4.39 Å². The fourth-order valence-electron chi connectivity index (χ4n) is 1.56. The summed E-state index contributed by atoms with van der Waals surface area (Å²) >= 11 is 0. The van der Waals surface area contributed by atoms with E-state index >= 15 is 0 Å². The third-order valence-electron chi connectivity index (χ3n) is 2.52.